The van der Waals surface area contributed by atoms with E-state index >= 15 is 0 Å². The molecule has 0 fully saturated rings. The van der Waals surface area contributed by atoms with Gasteiger partial charge in [-0.3, -0.25) is 19.5 Å². The number of nitrogens with one attached hydrogen (secondary N) is 1. The highest BCUT2D eigenvalue weighted by Gasteiger charge is 2.22. The molecule has 0 radical (unpaired) electrons. The van der Waals surface area contributed by atoms with Gasteiger partial charge in [-0.15, -0.1) is 0 Å². The van der Waals surface area contributed by atoms with Gasteiger partial charge in [-0.05, 0) is 42.8 Å². The SMILES string of the molecule is COc1cccc(C(=O)N(CC(=O)Nc2nc(-c3ccccc3)cn2-c2ccc(C)cc2)Cc2ccccc2)c1. The van der Waals surface area contributed by atoms with Crippen LogP contribution in [0.25, 0.3) is 16.9 Å². The van der Waals surface area contributed by atoms with E-state index in [2.05, 4.69) is 5.32 Å². The number of aryl methyl sites for hydroxylation is 1. The van der Waals surface area contributed by atoms with E-state index in [4.69, 9.17) is 9.72 Å². The molecule has 0 bridgehead atoms. The maximum absolute atomic E-state index is 13.6. The smallest absolute Gasteiger partial charge is 0.254 e. The lowest BCUT2D eigenvalue weighted by molar-refractivity contribution is -0.117. The third-order valence-electron chi connectivity index (χ3n) is 6.49. The van der Waals surface area contributed by atoms with Crippen molar-refractivity contribution in [3.05, 3.63) is 132 Å². The first-order valence-corrected chi connectivity index (χ1v) is 13.0. The normalized spacial score (nSPS) is 10.7. The van der Waals surface area contributed by atoms with Crippen molar-refractivity contribution < 1.29 is 14.3 Å². The van der Waals surface area contributed by atoms with E-state index in [1.807, 2.05) is 103 Å². The molecule has 1 N–H and O–H groups in total. The van der Waals surface area contributed by atoms with Gasteiger partial charge in [0.05, 0.1) is 12.8 Å². The molecule has 4 aromatic carbocycles. The Hall–Kier alpha value is -5.17. The van der Waals surface area contributed by atoms with Gasteiger partial charge in [-0.2, -0.15) is 0 Å². The number of ether oxygens (including phenoxy) is 1. The largest absolute Gasteiger partial charge is 0.497 e. The zero-order valence-corrected chi connectivity index (χ0v) is 22.5. The van der Waals surface area contributed by atoms with Crippen molar-refractivity contribution in [2.75, 3.05) is 19.0 Å². The molecule has 200 valence electrons. The molecule has 1 aromatic heterocycles. The second kappa shape index (κ2) is 12.1. The Morgan fingerprint density at radius 3 is 2.27 bits per heavy atom. The number of imidazole rings is 1. The summed E-state index contributed by atoms with van der Waals surface area (Å²) in [5.41, 5.74) is 5.01. The van der Waals surface area contributed by atoms with Gasteiger partial charge in [-0.1, -0.05) is 84.4 Å². The number of aromatic nitrogens is 2. The van der Waals surface area contributed by atoms with Crippen molar-refractivity contribution in [2.45, 2.75) is 13.5 Å². The first-order valence-electron chi connectivity index (χ1n) is 13.0. The number of hydrogen-bond donors (Lipinski definition) is 1. The Balaban J connectivity index is 1.44. The molecule has 0 aliphatic carbocycles. The van der Waals surface area contributed by atoms with Gasteiger partial charge < -0.3 is 9.64 Å². The van der Waals surface area contributed by atoms with Gasteiger partial charge in [-0.25, -0.2) is 4.98 Å². The summed E-state index contributed by atoms with van der Waals surface area (Å²) in [6, 6.07) is 34.3. The van der Waals surface area contributed by atoms with Gasteiger partial charge in [0.1, 0.15) is 12.3 Å². The monoisotopic (exact) mass is 530 g/mol. The highest BCUT2D eigenvalue weighted by Crippen LogP contribution is 2.25. The lowest BCUT2D eigenvalue weighted by Crippen LogP contribution is -2.38. The molecular formula is C33H30N4O3. The molecule has 0 aliphatic rings. The molecule has 0 saturated carbocycles. The third kappa shape index (κ3) is 6.27. The molecule has 2 amide bonds. The average Bonchev–Trinajstić information content (AvgIpc) is 3.41. The maximum Gasteiger partial charge on any atom is 0.254 e. The fourth-order valence-corrected chi connectivity index (χ4v) is 4.40. The Morgan fingerprint density at radius 1 is 0.875 bits per heavy atom. The summed E-state index contributed by atoms with van der Waals surface area (Å²) in [5.74, 6) is 0.320. The van der Waals surface area contributed by atoms with Crippen LogP contribution in [0.3, 0.4) is 0 Å². The lowest BCUT2D eigenvalue weighted by atomic mass is 10.1. The Bertz CT molecular complexity index is 1600. The minimum absolute atomic E-state index is 0.160. The number of amides is 2. The van der Waals surface area contributed by atoms with Gasteiger partial charge in [0, 0.05) is 29.6 Å². The summed E-state index contributed by atoms with van der Waals surface area (Å²) < 4.78 is 7.16. The Morgan fingerprint density at radius 2 is 1.57 bits per heavy atom. The molecule has 0 unspecified atom stereocenters. The van der Waals surface area contributed by atoms with E-state index in [1.54, 1.807) is 31.4 Å². The Labute approximate surface area is 233 Å². The van der Waals surface area contributed by atoms with Crippen LogP contribution in [0.4, 0.5) is 5.95 Å². The number of hydrogen-bond acceptors (Lipinski definition) is 4. The topological polar surface area (TPSA) is 76.5 Å². The van der Waals surface area contributed by atoms with Crippen LogP contribution in [0.15, 0.2) is 115 Å². The van der Waals surface area contributed by atoms with E-state index in [0.717, 1.165) is 28.1 Å². The quantitative estimate of drug-likeness (QED) is 0.248. The number of methoxy groups -OCH3 is 1. The standard InChI is InChI=1S/C33H30N4O3/c1-24-16-18-28(19-17-24)37-22-30(26-12-7-4-8-13-26)34-33(37)35-31(38)23-36(21-25-10-5-3-6-11-25)32(39)27-14-9-15-29(20-27)40-2/h3-20,22H,21,23H2,1-2H3,(H,34,35,38). The van der Waals surface area contributed by atoms with Gasteiger partial charge in [0.25, 0.3) is 5.91 Å². The summed E-state index contributed by atoms with van der Waals surface area (Å²) in [6.07, 6.45) is 1.90. The van der Waals surface area contributed by atoms with Crippen LogP contribution in [0.1, 0.15) is 21.5 Å². The van der Waals surface area contributed by atoms with Crippen molar-refractivity contribution in [1.29, 1.82) is 0 Å². The molecule has 1 heterocycles. The van der Waals surface area contributed by atoms with Crippen LogP contribution >= 0.6 is 0 Å². The van der Waals surface area contributed by atoms with Gasteiger partial charge in [0.2, 0.25) is 11.9 Å². The van der Waals surface area contributed by atoms with E-state index < -0.39 is 0 Å². The van der Waals surface area contributed by atoms with Crippen LogP contribution in [-0.4, -0.2) is 39.9 Å². The van der Waals surface area contributed by atoms with Crippen molar-refractivity contribution >= 4 is 17.8 Å². The van der Waals surface area contributed by atoms with E-state index in [-0.39, 0.29) is 24.9 Å². The highest BCUT2D eigenvalue weighted by molar-refractivity contribution is 5.99. The number of carbonyl (C=O) groups is 2. The van der Waals surface area contributed by atoms with Crippen LogP contribution in [0.5, 0.6) is 5.75 Å². The summed E-state index contributed by atoms with van der Waals surface area (Å²) in [6.45, 7) is 2.13. The summed E-state index contributed by atoms with van der Waals surface area (Å²) >= 11 is 0. The second-order valence-corrected chi connectivity index (χ2v) is 9.45. The number of nitrogens with zero attached hydrogens (tertiary/aromatic N) is 3. The summed E-state index contributed by atoms with van der Waals surface area (Å²) in [5, 5.41) is 2.95. The minimum atomic E-state index is -0.356. The Kier molecular flexibility index (Phi) is 8.02. The molecule has 40 heavy (non-hydrogen) atoms. The fourth-order valence-electron chi connectivity index (χ4n) is 4.40. The molecule has 7 heteroatoms. The molecular weight excluding hydrogens is 500 g/mol. The zero-order valence-electron chi connectivity index (χ0n) is 22.5. The number of anilines is 1. The van der Waals surface area contributed by atoms with Crippen molar-refractivity contribution in [3.8, 4) is 22.7 Å². The van der Waals surface area contributed by atoms with Crippen molar-refractivity contribution in [2.24, 2.45) is 0 Å². The predicted octanol–water partition coefficient (Wildman–Crippen LogP) is 6.14. The molecule has 0 saturated heterocycles. The first kappa shape index (κ1) is 26.4. The van der Waals surface area contributed by atoms with Gasteiger partial charge >= 0.3 is 0 Å². The van der Waals surface area contributed by atoms with Crippen LogP contribution in [0, 0.1) is 6.92 Å². The number of rotatable bonds is 9. The lowest BCUT2D eigenvalue weighted by Gasteiger charge is -2.23. The first-order chi connectivity index (χ1) is 19.5. The van der Waals surface area contributed by atoms with Crippen molar-refractivity contribution in [3.63, 3.8) is 0 Å². The number of benzene rings is 4. The van der Waals surface area contributed by atoms with Gasteiger partial charge in [0.15, 0.2) is 0 Å². The highest BCUT2D eigenvalue weighted by atomic mass is 16.5. The molecule has 5 aromatic rings. The van der Waals surface area contributed by atoms with E-state index in [0.29, 0.717) is 17.3 Å². The summed E-state index contributed by atoms with van der Waals surface area (Å²) in [7, 11) is 1.55. The van der Waals surface area contributed by atoms with Crippen LogP contribution in [0.2, 0.25) is 0 Å². The molecule has 7 nitrogen and oxygen atoms in total. The fraction of sp³-hybridized carbons (Fsp3) is 0.121. The predicted molar refractivity (Wildman–Crippen MR) is 157 cm³/mol. The number of carbonyl (C=O) groups excluding carboxylic acids is 2. The maximum atomic E-state index is 13.6. The van der Waals surface area contributed by atoms with Crippen molar-refractivity contribution in [1.82, 2.24) is 14.5 Å². The average molecular weight is 531 g/mol. The van der Waals surface area contributed by atoms with Crippen LogP contribution < -0.4 is 10.1 Å². The third-order valence-corrected chi connectivity index (χ3v) is 6.49. The second-order valence-electron chi connectivity index (χ2n) is 9.45. The molecule has 0 aliphatic heterocycles. The zero-order chi connectivity index (χ0) is 27.9. The molecule has 0 atom stereocenters. The molecule has 0 spiro atoms. The summed E-state index contributed by atoms with van der Waals surface area (Å²) in [4.78, 5) is 33.3. The van der Waals surface area contributed by atoms with Crippen LogP contribution in [-0.2, 0) is 11.3 Å². The molecule has 5 rings (SSSR count). The van der Waals surface area contributed by atoms with E-state index in [1.165, 1.54) is 4.90 Å². The van der Waals surface area contributed by atoms with E-state index in [9.17, 15) is 9.59 Å². The minimum Gasteiger partial charge on any atom is -0.497 e.